The van der Waals surface area contributed by atoms with Crippen molar-refractivity contribution >= 4 is 36.4 Å². The van der Waals surface area contributed by atoms with Crippen molar-refractivity contribution in [2.75, 3.05) is 13.6 Å². The standard InChI is InChI=1S/C22H29ClN2.2ClH/c1-24-22(19-13-5-6-14-20(19)23)16-8-7-15-21(22)25-17-9-12-18-10-3-2-4-11-18;;/h2-6,10-11,13-14,21,24-25H,7-9,12,15-17H2,1H3;2*1H/t21-,22+;;/m1../s1. The fourth-order valence-electron chi connectivity index (χ4n) is 4.24. The molecule has 2 N–H and O–H groups in total. The zero-order chi connectivity index (χ0) is 17.5. The molecule has 0 saturated heterocycles. The Morgan fingerprint density at radius 2 is 1.70 bits per heavy atom. The molecule has 1 saturated carbocycles. The quantitative estimate of drug-likeness (QED) is 0.546. The summed E-state index contributed by atoms with van der Waals surface area (Å²) < 4.78 is 0. The van der Waals surface area contributed by atoms with Gasteiger partial charge in [0, 0.05) is 11.1 Å². The van der Waals surface area contributed by atoms with Gasteiger partial charge in [-0.1, -0.05) is 73.0 Å². The Labute approximate surface area is 181 Å². The topological polar surface area (TPSA) is 24.1 Å². The average molecular weight is 430 g/mol. The van der Waals surface area contributed by atoms with Gasteiger partial charge in [-0.15, -0.1) is 24.8 Å². The Morgan fingerprint density at radius 1 is 1.00 bits per heavy atom. The van der Waals surface area contributed by atoms with Crippen LogP contribution >= 0.6 is 36.4 Å². The molecule has 0 aromatic heterocycles. The lowest BCUT2D eigenvalue weighted by Gasteiger charge is -2.45. The van der Waals surface area contributed by atoms with Crippen LogP contribution in [0.25, 0.3) is 0 Å². The van der Waals surface area contributed by atoms with Gasteiger partial charge in [-0.05, 0) is 56.5 Å². The first-order chi connectivity index (χ1) is 12.3. The first-order valence-corrected chi connectivity index (χ1v) is 9.85. The number of halogens is 3. The summed E-state index contributed by atoms with van der Waals surface area (Å²) in [7, 11) is 2.08. The third-order valence-electron chi connectivity index (χ3n) is 5.59. The Hall–Kier alpha value is -0.770. The molecular formula is C22H31Cl3N2. The molecule has 0 spiro atoms. The van der Waals surface area contributed by atoms with Crippen molar-refractivity contribution in [1.29, 1.82) is 0 Å². The molecule has 3 rings (SSSR count). The van der Waals surface area contributed by atoms with Crippen LogP contribution in [0.3, 0.4) is 0 Å². The van der Waals surface area contributed by atoms with E-state index < -0.39 is 0 Å². The van der Waals surface area contributed by atoms with Crippen LogP contribution in [-0.4, -0.2) is 19.6 Å². The Bertz CT molecular complexity index is 666. The highest BCUT2D eigenvalue weighted by Gasteiger charge is 2.41. The molecule has 27 heavy (non-hydrogen) atoms. The Kier molecular flexibility index (Phi) is 10.7. The molecule has 2 aromatic rings. The second-order valence-corrected chi connectivity index (χ2v) is 7.45. The van der Waals surface area contributed by atoms with Gasteiger partial charge in [0.2, 0.25) is 0 Å². The minimum Gasteiger partial charge on any atom is -0.312 e. The van der Waals surface area contributed by atoms with Crippen molar-refractivity contribution in [1.82, 2.24) is 10.6 Å². The van der Waals surface area contributed by atoms with Crippen LogP contribution in [-0.2, 0) is 12.0 Å². The van der Waals surface area contributed by atoms with Gasteiger partial charge in [0.05, 0.1) is 5.54 Å². The van der Waals surface area contributed by atoms with Gasteiger partial charge < -0.3 is 10.6 Å². The second kappa shape index (κ2) is 11.9. The van der Waals surface area contributed by atoms with Crippen molar-refractivity contribution in [2.24, 2.45) is 0 Å². The molecule has 2 nitrogen and oxygen atoms in total. The minimum absolute atomic E-state index is 0. The SMILES string of the molecule is CN[C@]1(c2ccccc2Cl)CCCC[C@H]1NCCCc1ccccc1.Cl.Cl. The highest BCUT2D eigenvalue weighted by molar-refractivity contribution is 6.31. The number of rotatable bonds is 7. The molecule has 2 aromatic carbocycles. The Morgan fingerprint density at radius 3 is 2.41 bits per heavy atom. The number of hydrogen-bond acceptors (Lipinski definition) is 2. The molecule has 1 fully saturated rings. The van der Waals surface area contributed by atoms with Crippen molar-refractivity contribution in [3.05, 3.63) is 70.7 Å². The first-order valence-electron chi connectivity index (χ1n) is 9.47. The van der Waals surface area contributed by atoms with E-state index in [2.05, 4.69) is 60.1 Å². The predicted molar refractivity (Wildman–Crippen MR) is 122 cm³/mol. The smallest absolute Gasteiger partial charge is 0.0602 e. The van der Waals surface area contributed by atoms with E-state index in [1.807, 2.05) is 12.1 Å². The zero-order valence-corrected chi connectivity index (χ0v) is 18.3. The molecular weight excluding hydrogens is 399 g/mol. The average Bonchev–Trinajstić information content (AvgIpc) is 2.67. The normalized spacial score (nSPS) is 21.8. The molecule has 0 unspecified atom stereocenters. The second-order valence-electron chi connectivity index (χ2n) is 7.04. The number of hydrogen-bond donors (Lipinski definition) is 2. The molecule has 1 aliphatic rings. The van der Waals surface area contributed by atoms with Crippen LogP contribution in [0.1, 0.15) is 43.2 Å². The summed E-state index contributed by atoms with van der Waals surface area (Å²) in [6.45, 7) is 1.04. The van der Waals surface area contributed by atoms with Gasteiger partial charge in [0.25, 0.3) is 0 Å². The zero-order valence-electron chi connectivity index (χ0n) is 15.9. The third kappa shape index (κ3) is 5.85. The fourth-order valence-corrected chi connectivity index (χ4v) is 4.55. The summed E-state index contributed by atoms with van der Waals surface area (Å²) in [4.78, 5) is 0. The molecule has 0 radical (unpaired) electrons. The van der Waals surface area contributed by atoms with Crippen LogP contribution in [0, 0.1) is 0 Å². The van der Waals surface area contributed by atoms with Crippen LogP contribution < -0.4 is 10.6 Å². The van der Waals surface area contributed by atoms with Crippen LogP contribution in [0.2, 0.25) is 5.02 Å². The molecule has 1 aliphatic carbocycles. The summed E-state index contributed by atoms with van der Waals surface area (Å²) in [5.74, 6) is 0. The highest BCUT2D eigenvalue weighted by atomic mass is 35.5. The van der Waals surface area contributed by atoms with E-state index >= 15 is 0 Å². The lowest BCUT2D eigenvalue weighted by atomic mass is 9.72. The number of nitrogens with one attached hydrogen (secondary N) is 2. The lowest BCUT2D eigenvalue weighted by molar-refractivity contribution is 0.178. The van der Waals surface area contributed by atoms with E-state index in [0.717, 1.165) is 30.8 Å². The summed E-state index contributed by atoms with van der Waals surface area (Å²) >= 11 is 6.56. The van der Waals surface area contributed by atoms with E-state index in [4.69, 9.17) is 11.6 Å². The lowest BCUT2D eigenvalue weighted by Crippen LogP contribution is -2.58. The molecule has 5 heteroatoms. The van der Waals surface area contributed by atoms with E-state index in [0.29, 0.717) is 6.04 Å². The van der Waals surface area contributed by atoms with Gasteiger partial charge >= 0.3 is 0 Å². The maximum Gasteiger partial charge on any atom is 0.0602 e. The van der Waals surface area contributed by atoms with Gasteiger partial charge in [0.1, 0.15) is 0 Å². The van der Waals surface area contributed by atoms with E-state index in [-0.39, 0.29) is 30.4 Å². The van der Waals surface area contributed by atoms with E-state index in [1.165, 1.54) is 30.4 Å². The summed E-state index contributed by atoms with van der Waals surface area (Å²) in [6, 6.07) is 19.5. The van der Waals surface area contributed by atoms with E-state index in [9.17, 15) is 0 Å². The molecule has 0 amide bonds. The first kappa shape index (κ1) is 24.3. The maximum atomic E-state index is 6.56. The predicted octanol–water partition coefficient (Wildman–Crippen LogP) is 5.76. The van der Waals surface area contributed by atoms with Gasteiger partial charge in [-0.2, -0.15) is 0 Å². The molecule has 2 atom stereocenters. The molecule has 0 bridgehead atoms. The van der Waals surface area contributed by atoms with Gasteiger partial charge in [-0.3, -0.25) is 0 Å². The van der Waals surface area contributed by atoms with Crippen molar-refractivity contribution in [3.63, 3.8) is 0 Å². The minimum atomic E-state index is -0.0661. The number of likely N-dealkylation sites (N-methyl/N-ethyl adjacent to an activating group) is 1. The fraction of sp³-hybridized carbons (Fsp3) is 0.455. The van der Waals surface area contributed by atoms with E-state index in [1.54, 1.807) is 0 Å². The molecule has 150 valence electrons. The monoisotopic (exact) mass is 428 g/mol. The number of aryl methyl sites for hydroxylation is 1. The van der Waals surface area contributed by atoms with Crippen molar-refractivity contribution < 1.29 is 0 Å². The maximum absolute atomic E-state index is 6.56. The van der Waals surface area contributed by atoms with Crippen LogP contribution in [0.5, 0.6) is 0 Å². The Balaban J connectivity index is 0.00000182. The highest BCUT2D eigenvalue weighted by Crippen LogP contribution is 2.40. The van der Waals surface area contributed by atoms with Crippen molar-refractivity contribution in [3.8, 4) is 0 Å². The van der Waals surface area contributed by atoms with Gasteiger partial charge in [-0.25, -0.2) is 0 Å². The van der Waals surface area contributed by atoms with Crippen molar-refractivity contribution in [2.45, 2.75) is 50.1 Å². The third-order valence-corrected chi connectivity index (χ3v) is 5.91. The largest absolute Gasteiger partial charge is 0.312 e. The van der Waals surface area contributed by atoms with Crippen LogP contribution in [0.15, 0.2) is 54.6 Å². The summed E-state index contributed by atoms with van der Waals surface area (Å²) in [5, 5.41) is 8.34. The summed E-state index contributed by atoms with van der Waals surface area (Å²) in [6.07, 6.45) is 7.13. The number of benzene rings is 2. The molecule has 0 heterocycles. The van der Waals surface area contributed by atoms with Crippen LogP contribution in [0.4, 0.5) is 0 Å². The molecule has 0 aliphatic heterocycles. The summed E-state index contributed by atoms with van der Waals surface area (Å²) in [5.41, 5.74) is 2.59. The van der Waals surface area contributed by atoms with Gasteiger partial charge in [0.15, 0.2) is 0 Å².